The van der Waals surface area contributed by atoms with Gasteiger partial charge in [0.1, 0.15) is 5.75 Å². The van der Waals surface area contributed by atoms with Crippen LogP contribution in [0.15, 0.2) is 54.6 Å². The zero-order valence-corrected chi connectivity index (χ0v) is 11.8. The van der Waals surface area contributed by atoms with E-state index < -0.39 is 0 Å². The van der Waals surface area contributed by atoms with Gasteiger partial charge in [0, 0.05) is 18.5 Å². The number of amides is 1. The van der Waals surface area contributed by atoms with Gasteiger partial charge in [-0.1, -0.05) is 48.6 Å². The molecule has 3 rings (SSSR count). The van der Waals surface area contributed by atoms with Crippen LogP contribution in [0, 0.1) is 0 Å². The molecule has 0 saturated heterocycles. The first-order valence-electron chi connectivity index (χ1n) is 7.13. The summed E-state index contributed by atoms with van der Waals surface area (Å²) in [6.07, 6.45) is 5.13. The molecule has 0 bridgehead atoms. The summed E-state index contributed by atoms with van der Waals surface area (Å²) >= 11 is 0. The number of benzene rings is 2. The van der Waals surface area contributed by atoms with Crippen molar-refractivity contribution in [1.29, 1.82) is 0 Å². The lowest BCUT2D eigenvalue weighted by Gasteiger charge is -2.23. The van der Waals surface area contributed by atoms with E-state index in [-0.39, 0.29) is 12.5 Å². The normalized spacial score (nSPS) is 15.0. The van der Waals surface area contributed by atoms with Crippen LogP contribution in [0.4, 0.5) is 0 Å². The van der Waals surface area contributed by atoms with Crippen molar-refractivity contribution >= 4 is 16.7 Å². The number of ether oxygens (including phenoxy) is 1. The first-order chi connectivity index (χ1) is 10.3. The number of nitrogens with one attached hydrogen (secondary N) is 1. The molecule has 0 spiro atoms. The smallest absolute Gasteiger partial charge is 0.272 e. The molecule has 108 valence electrons. The van der Waals surface area contributed by atoms with Crippen molar-refractivity contribution in [3.8, 4) is 5.75 Å². The molecule has 1 heterocycles. The van der Waals surface area contributed by atoms with E-state index in [1.807, 2.05) is 47.5 Å². The molecule has 0 saturated carbocycles. The second kappa shape index (κ2) is 6.41. The number of hydrogen-bond acceptors (Lipinski definition) is 3. The van der Waals surface area contributed by atoms with Crippen molar-refractivity contribution < 1.29 is 9.53 Å². The summed E-state index contributed by atoms with van der Waals surface area (Å²) in [6, 6.07) is 13.8. The Morgan fingerprint density at radius 2 is 2.00 bits per heavy atom. The van der Waals surface area contributed by atoms with Crippen molar-refractivity contribution in [3.63, 3.8) is 0 Å². The molecule has 0 atom stereocenters. The van der Waals surface area contributed by atoms with E-state index in [0.717, 1.165) is 36.0 Å². The van der Waals surface area contributed by atoms with Crippen LogP contribution in [0.2, 0.25) is 0 Å². The van der Waals surface area contributed by atoms with Gasteiger partial charge in [-0.25, -0.2) is 5.01 Å². The molecule has 0 unspecified atom stereocenters. The summed E-state index contributed by atoms with van der Waals surface area (Å²) in [5, 5.41) is 4.03. The Hall–Kier alpha value is -2.33. The van der Waals surface area contributed by atoms with Gasteiger partial charge in [-0.3, -0.25) is 10.2 Å². The monoisotopic (exact) mass is 282 g/mol. The van der Waals surface area contributed by atoms with E-state index in [9.17, 15) is 4.79 Å². The van der Waals surface area contributed by atoms with Gasteiger partial charge >= 0.3 is 0 Å². The van der Waals surface area contributed by atoms with Gasteiger partial charge < -0.3 is 4.74 Å². The minimum atomic E-state index is -0.127. The first-order valence-corrected chi connectivity index (χ1v) is 7.13. The third-order valence-corrected chi connectivity index (χ3v) is 3.45. The average Bonchev–Trinajstić information content (AvgIpc) is 2.54. The summed E-state index contributed by atoms with van der Waals surface area (Å²) in [7, 11) is 0. The van der Waals surface area contributed by atoms with E-state index in [4.69, 9.17) is 4.74 Å². The molecule has 2 aromatic rings. The molecule has 0 aliphatic carbocycles. The van der Waals surface area contributed by atoms with Crippen LogP contribution in [0.3, 0.4) is 0 Å². The largest absolute Gasteiger partial charge is 0.483 e. The standard InChI is InChI=1S/C17H18N2O2/c20-17(18-19-11-4-1-5-12-19)13-21-16-10-6-8-14-7-2-3-9-15(14)16/h1-4,6-10H,5,11-13H2,(H,18,20). The molecule has 0 aromatic heterocycles. The van der Waals surface area contributed by atoms with Crippen LogP contribution >= 0.6 is 0 Å². The van der Waals surface area contributed by atoms with Gasteiger partial charge in [0.2, 0.25) is 0 Å². The first kappa shape index (κ1) is 13.6. The Labute approximate surface area is 124 Å². The van der Waals surface area contributed by atoms with Crippen LogP contribution in [-0.4, -0.2) is 30.6 Å². The SMILES string of the molecule is O=C(COc1cccc2ccccc12)NN1CC=CCC1. The van der Waals surface area contributed by atoms with E-state index >= 15 is 0 Å². The molecular formula is C17H18N2O2. The highest BCUT2D eigenvalue weighted by atomic mass is 16.5. The highest BCUT2D eigenvalue weighted by Crippen LogP contribution is 2.24. The van der Waals surface area contributed by atoms with E-state index in [1.54, 1.807) is 0 Å². The fourth-order valence-electron chi connectivity index (χ4n) is 2.42. The predicted molar refractivity (Wildman–Crippen MR) is 82.9 cm³/mol. The Kier molecular flexibility index (Phi) is 4.17. The van der Waals surface area contributed by atoms with Gasteiger partial charge in [0.25, 0.3) is 5.91 Å². The third kappa shape index (κ3) is 3.41. The molecule has 21 heavy (non-hydrogen) atoms. The van der Waals surface area contributed by atoms with Crippen molar-refractivity contribution in [2.75, 3.05) is 19.7 Å². The van der Waals surface area contributed by atoms with Crippen molar-refractivity contribution in [2.24, 2.45) is 0 Å². The van der Waals surface area contributed by atoms with Gasteiger partial charge in [0.15, 0.2) is 6.61 Å². The van der Waals surface area contributed by atoms with Gasteiger partial charge in [-0.05, 0) is 17.9 Å². The van der Waals surface area contributed by atoms with Crippen LogP contribution in [0.1, 0.15) is 6.42 Å². The predicted octanol–water partition coefficient (Wildman–Crippen LogP) is 2.51. The second-order valence-electron chi connectivity index (χ2n) is 5.01. The van der Waals surface area contributed by atoms with Gasteiger partial charge in [-0.15, -0.1) is 0 Å². The number of carbonyl (C=O) groups excluding carboxylic acids is 1. The average molecular weight is 282 g/mol. The van der Waals surface area contributed by atoms with Gasteiger partial charge in [0.05, 0.1) is 0 Å². The number of carbonyl (C=O) groups is 1. The van der Waals surface area contributed by atoms with Crippen LogP contribution in [-0.2, 0) is 4.79 Å². The third-order valence-electron chi connectivity index (χ3n) is 3.45. The molecule has 0 radical (unpaired) electrons. The lowest BCUT2D eigenvalue weighted by atomic mass is 10.1. The summed E-state index contributed by atoms with van der Waals surface area (Å²) in [5.41, 5.74) is 2.86. The zero-order valence-electron chi connectivity index (χ0n) is 11.8. The number of nitrogens with zero attached hydrogens (tertiary/aromatic N) is 1. The Morgan fingerprint density at radius 3 is 2.86 bits per heavy atom. The zero-order chi connectivity index (χ0) is 14.5. The summed E-state index contributed by atoms with van der Waals surface area (Å²) in [5.74, 6) is 0.611. The van der Waals surface area contributed by atoms with Crippen LogP contribution in [0.25, 0.3) is 10.8 Å². The maximum atomic E-state index is 11.9. The molecule has 1 N–H and O–H groups in total. The molecule has 4 nitrogen and oxygen atoms in total. The van der Waals surface area contributed by atoms with Crippen molar-refractivity contribution in [2.45, 2.75) is 6.42 Å². The van der Waals surface area contributed by atoms with Gasteiger partial charge in [-0.2, -0.15) is 0 Å². The molecule has 1 aliphatic heterocycles. The molecule has 0 fully saturated rings. The lowest BCUT2D eigenvalue weighted by Crippen LogP contribution is -2.45. The lowest BCUT2D eigenvalue weighted by molar-refractivity contribution is -0.127. The highest BCUT2D eigenvalue weighted by Gasteiger charge is 2.11. The van der Waals surface area contributed by atoms with E-state index in [1.165, 1.54) is 0 Å². The Bertz CT molecular complexity index is 661. The summed E-state index contributed by atoms with van der Waals surface area (Å²) in [4.78, 5) is 11.9. The van der Waals surface area contributed by atoms with E-state index in [2.05, 4.69) is 17.6 Å². The van der Waals surface area contributed by atoms with Crippen LogP contribution in [0.5, 0.6) is 5.75 Å². The molecule has 1 amide bonds. The highest BCUT2D eigenvalue weighted by molar-refractivity contribution is 5.88. The second-order valence-corrected chi connectivity index (χ2v) is 5.01. The number of hydrogen-bond donors (Lipinski definition) is 1. The maximum absolute atomic E-state index is 11.9. The Balaban J connectivity index is 1.61. The number of rotatable bonds is 4. The number of hydrazine groups is 1. The fourth-order valence-corrected chi connectivity index (χ4v) is 2.42. The Morgan fingerprint density at radius 1 is 1.14 bits per heavy atom. The van der Waals surface area contributed by atoms with Crippen molar-refractivity contribution in [3.05, 3.63) is 54.6 Å². The minimum Gasteiger partial charge on any atom is -0.483 e. The molecule has 4 heteroatoms. The molecule has 2 aromatic carbocycles. The summed E-state index contributed by atoms with van der Waals surface area (Å²) < 4.78 is 5.67. The number of fused-ring (bicyclic) bond motifs is 1. The quantitative estimate of drug-likeness (QED) is 0.876. The maximum Gasteiger partial charge on any atom is 0.272 e. The molecule has 1 aliphatic rings. The van der Waals surface area contributed by atoms with Crippen molar-refractivity contribution in [1.82, 2.24) is 10.4 Å². The van der Waals surface area contributed by atoms with E-state index in [0.29, 0.717) is 0 Å². The topological polar surface area (TPSA) is 41.6 Å². The molecular weight excluding hydrogens is 264 g/mol. The minimum absolute atomic E-state index is 0.0220. The fraction of sp³-hybridized carbons (Fsp3) is 0.235. The summed E-state index contributed by atoms with van der Waals surface area (Å²) in [6.45, 7) is 1.62. The van der Waals surface area contributed by atoms with Crippen LogP contribution < -0.4 is 10.2 Å².